The van der Waals surface area contributed by atoms with E-state index in [1.807, 2.05) is 55.5 Å². The first-order chi connectivity index (χ1) is 21.1. The maximum atomic E-state index is 13.6. The van der Waals surface area contributed by atoms with Crippen LogP contribution in [0.1, 0.15) is 75.9 Å². The predicted octanol–water partition coefficient (Wildman–Crippen LogP) is 7.27. The minimum Gasteiger partial charge on any atom is -0.507 e. The zero-order chi connectivity index (χ0) is 31.5. The number of Topliss-reactive ketones (excluding diaryl/α,β-unsaturated/α-hetero) is 1. The fourth-order valence-electron chi connectivity index (χ4n) is 5.08. The molecule has 9 heteroatoms. The Hall–Kier alpha value is -4.76. The van der Waals surface area contributed by atoms with Crippen LogP contribution in [0.3, 0.4) is 0 Å². The highest BCUT2D eigenvalue weighted by Gasteiger charge is 2.48. The van der Waals surface area contributed by atoms with Gasteiger partial charge in [-0.15, -0.1) is 0 Å². The van der Waals surface area contributed by atoms with Gasteiger partial charge in [0.15, 0.2) is 5.13 Å². The van der Waals surface area contributed by atoms with E-state index >= 15 is 0 Å². The van der Waals surface area contributed by atoms with Crippen molar-refractivity contribution in [2.75, 3.05) is 11.5 Å². The van der Waals surface area contributed by atoms with Crippen molar-refractivity contribution in [2.45, 2.75) is 53.2 Å². The van der Waals surface area contributed by atoms with Gasteiger partial charge in [-0.25, -0.2) is 9.78 Å². The van der Waals surface area contributed by atoms with Crippen molar-refractivity contribution in [3.63, 3.8) is 0 Å². The maximum Gasteiger partial charge on any atom is 0.350 e. The summed E-state index contributed by atoms with van der Waals surface area (Å²) < 4.78 is 11.1. The van der Waals surface area contributed by atoms with Crippen molar-refractivity contribution < 1.29 is 29.0 Å². The highest BCUT2D eigenvalue weighted by Crippen LogP contribution is 2.44. The standard InChI is InChI=1S/C35H34N2O6S/c1-6-42-34(41)32-22(5)36-35(44-32)37-29(24-13-11-23(12-14-24)20(2)3)28(31(39)33(37)40)30(38)25-15-17-27(18-16-25)43-19-26-10-8-7-9-21(26)4/h7-18,20,29,38H,6,19H2,1-5H3/b30-28+. The molecule has 8 nitrogen and oxygen atoms in total. The summed E-state index contributed by atoms with van der Waals surface area (Å²) in [4.78, 5) is 45.7. The van der Waals surface area contributed by atoms with Crippen molar-refractivity contribution in [3.8, 4) is 5.75 Å². The molecule has 0 bridgehead atoms. The van der Waals surface area contributed by atoms with Gasteiger partial charge in [0.05, 0.1) is 23.9 Å². The first-order valence-corrected chi connectivity index (χ1v) is 15.3. The largest absolute Gasteiger partial charge is 0.507 e. The van der Waals surface area contributed by atoms with Crippen LogP contribution in [0.25, 0.3) is 5.76 Å². The first-order valence-electron chi connectivity index (χ1n) is 14.4. The number of ether oxygens (including phenoxy) is 2. The molecule has 44 heavy (non-hydrogen) atoms. The summed E-state index contributed by atoms with van der Waals surface area (Å²) in [6, 6.07) is 21.3. The summed E-state index contributed by atoms with van der Waals surface area (Å²) >= 11 is 0.980. The van der Waals surface area contributed by atoms with E-state index in [2.05, 4.69) is 18.8 Å². The van der Waals surface area contributed by atoms with Crippen LogP contribution in [0.15, 0.2) is 78.4 Å². The lowest BCUT2D eigenvalue weighted by atomic mass is 9.93. The van der Waals surface area contributed by atoms with Crippen molar-refractivity contribution in [1.82, 2.24) is 4.98 Å². The van der Waals surface area contributed by atoms with E-state index in [-0.39, 0.29) is 33.9 Å². The van der Waals surface area contributed by atoms with Gasteiger partial charge in [-0.3, -0.25) is 14.5 Å². The number of thiazole rings is 1. The number of aromatic nitrogens is 1. The zero-order valence-corrected chi connectivity index (χ0v) is 26.1. The lowest BCUT2D eigenvalue weighted by Crippen LogP contribution is -2.29. The molecule has 0 aliphatic carbocycles. The SMILES string of the molecule is CCOC(=O)c1sc(N2C(=O)C(=O)/C(=C(/O)c3ccc(OCc4ccccc4C)cc3)C2c2ccc(C(C)C)cc2)nc1C. The van der Waals surface area contributed by atoms with E-state index in [1.54, 1.807) is 38.1 Å². The molecule has 0 spiro atoms. The molecular weight excluding hydrogens is 576 g/mol. The van der Waals surface area contributed by atoms with Gasteiger partial charge in [-0.2, -0.15) is 0 Å². The Morgan fingerprint density at radius 2 is 1.68 bits per heavy atom. The molecule has 1 aliphatic rings. The Morgan fingerprint density at radius 1 is 1.00 bits per heavy atom. The molecule has 2 heterocycles. The number of nitrogens with zero attached hydrogens (tertiary/aromatic N) is 2. The Labute approximate surface area is 260 Å². The first kappa shape index (κ1) is 30.7. The Morgan fingerprint density at radius 3 is 2.32 bits per heavy atom. The van der Waals surface area contributed by atoms with Crippen molar-refractivity contribution in [3.05, 3.63) is 117 Å². The monoisotopic (exact) mass is 610 g/mol. The summed E-state index contributed by atoms with van der Waals surface area (Å²) in [5, 5.41) is 11.7. The minimum absolute atomic E-state index is 0.0635. The number of hydrogen-bond acceptors (Lipinski definition) is 8. The highest BCUT2D eigenvalue weighted by atomic mass is 32.1. The van der Waals surface area contributed by atoms with Crippen LogP contribution in [-0.4, -0.2) is 34.4 Å². The van der Waals surface area contributed by atoms with Crippen LogP contribution in [0.4, 0.5) is 5.13 Å². The molecule has 1 aromatic heterocycles. The number of amides is 1. The van der Waals surface area contributed by atoms with Crippen LogP contribution in [0.5, 0.6) is 5.75 Å². The van der Waals surface area contributed by atoms with Gasteiger partial charge in [0.2, 0.25) is 0 Å². The number of hydrogen-bond donors (Lipinski definition) is 1. The molecule has 1 N–H and O–H groups in total. The molecule has 0 saturated carbocycles. The van der Waals surface area contributed by atoms with Gasteiger partial charge >= 0.3 is 11.9 Å². The second kappa shape index (κ2) is 12.9. The van der Waals surface area contributed by atoms with Crippen molar-refractivity contribution in [2.24, 2.45) is 0 Å². The van der Waals surface area contributed by atoms with Gasteiger partial charge in [-0.05, 0) is 73.2 Å². The molecule has 4 aromatic rings. The Bertz CT molecular complexity index is 1740. The average molecular weight is 611 g/mol. The van der Waals surface area contributed by atoms with Crippen LogP contribution in [0, 0.1) is 13.8 Å². The number of aliphatic hydroxyl groups is 1. The summed E-state index contributed by atoms with van der Waals surface area (Å²) in [5.41, 5.74) is 4.58. The van der Waals surface area contributed by atoms with Gasteiger partial charge in [0.25, 0.3) is 5.78 Å². The van der Waals surface area contributed by atoms with E-state index in [0.717, 1.165) is 28.0 Å². The number of carbonyl (C=O) groups is 3. The summed E-state index contributed by atoms with van der Waals surface area (Å²) in [6.07, 6.45) is 0. The second-order valence-corrected chi connectivity index (χ2v) is 11.8. The quantitative estimate of drug-likeness (QED) is 0.0920. The third-order valence-electron chi connectivity index (χ3n) is 7.60. The minimum atomic E-state index is -0.964. The molecule has 1 aliphatic heterocycles. The fraction of sp³-hybridized carbons (Fsp3) is 0.257. The van der Waals surface area contributed by atoms with Crippen LogP contribution >= 0.6 is 11.3 Å². The molecule has 3 aromatic carbocycles. The van der Waals surface area contributed by atoms with Crippen molar-refractivity contribution in [1.29, 1.82) is 0 Å². The Kier molecular flexibility index (Phi) is 8.96. The highest BCUT2D eigenvalue weighted by molar-refractivity contribution is 7.17. The van der Waals surface area contributed by atoms with Gasteiger partial charge in [0, 0.05) is 5.56 Å². The normalized spacial score (nSPS) is 16.0. The number of carbonyl (C=O) groups excluding carboxylic acids is 3. The number of esters is 1. The summed E-state index contributed by atoms with van der Waals surface area (Å²) in [5.74, 6) is -1.68. The zero-order valence-electron chi connectivity index (χ0n) is 25.3. The molecule has 226 valence electrons. The fourth-order valence-corrected chi connectivity index (χ4v) is 6.06. The second-order valence-electron chi connectivity index (χ2n) is 10.9. The maximum absolute atomic E-state index is 13.6. The third-order valence-corrected chi connectivity index (χ3v) is 8.74. The van der Waals surface area contributed by atoms with Crippen LogP contribution in [-0.2, 0) is 20.9 Å². The van der Waals surface area contributed by atoms with Crippen LogP contribution < -0.4 is 9.64 Å². The van der Waals surface area contributed by atoms with E-state index in [9.17, 15) is 19.5 Å². The van der Waals surface area contributed by atoms with E-state index in [4.69, 9.17) is 9.47 Å². The molecule has 1 amide bonds. The third kappa shape index (κ3) is 6.01. The Balaban J connectivity index is 1.54. The molecule has 0 radical (unpaired) electrons. The number of aliphatic hydroxyl groups excluding tert-OH is 1. The molecule has 1 atom stereocenters. The number of anilines is 1. The number of rotatable bonds is 9. The number of ketones is 1. The molecule has 1 fully saturated rings. The van der Waals surface area contributed by atoms with Gasteiger partial charge < -0.3 is 14.6 Å². The number of aryl methyl sites for hydroxylation is 2. The summed E-state index contributed by atoms with van der Waals surface area (Å²) in [7, 11) is 0. The topological polar surface area (TPSA) is 106 Å². The lowest BCUT2D eigenvalue weighted by molar-refractivity contribution is -0.132. The molecule has 5 rings (SSSR count). The van der Waals surface area contributed by atoms with Gasteiger partial charge in [0.1, 0.15) is 23.0 Å². The van der Waals surface area contributed by atoms with Crippen LogP contribution in [0.2, 0.25) is 0 Å². The van der Waals surface area contributed by atoms with E-state index < -0.39 is 23.7 Å². The number of benzene rings is 3. The molecule has 1 unspecified atom stereocenters. The van der Waals surface area contributed by atoms with Gasteiger partial charge in [-0.1, -0.05) is 73.7 Å². The smallest absolute Gasteiger partial charge is 0.350 e. The van der Waals surface area contributed by atoms with E-state index in [0.29, 0.717) is 29.2 Å². The summed E-state index contributed by atoms with van der Waals surface area (Å²) in [6.45, 7) is 10.1. The van der Waals surface area contributed by atoms with E-state index in [1.165, 1.54) is 4.90 Å². The lowest BCUT2D eigenvalue weighted by Gasteiger charge is -2.23. The average Bonchev–Trinajstić information content (AvgIpc) is 3.53. The molecular formula is C35H34N2O6S. The van der Waals surface area contributed by atoms with Crippen molar-refractivity contribution >= 4 is 39.9 Å². The predicted molar refractivity (Wildman–Crippen MR) is 170 cm³/mol. The molecule has 1 saturated heterocycles.